The molecule has 21 heavy (non-hydrogen) atoms. The Balaban J connectivity index is 0.00000220. The van der Waals surface area contributed by atoms with Crippen molar-refractivity contribution in [2.24, 2.45) is 5.92 Å². The number of nitrogens with zero attached hydrogens (tertiary/aromatic N) is 1. The largest absolute Gasteiger partial charge is 0.488 e. The fourth-order valence-electron chi connectivity index (χ4n) is 2.41. The van der Waals surface area contributed by atoms with E-state index in [2.05, 4.69) is 18.4 Å². The van der Waals surface area contributed by atoms with Gasteiger partial charge in [-0.05, 0) is 44.0 Å². The molecule has 1 heterocycles. The van der Waals surface area contributed by atoms with E-state index in [0.717, 1.165) is 24.0 Å². The molecule has 1 fully saturated rings. The fraction of sp³-hybridized carbons (Fsp3) is 0.529. The van der Waals surface area contributed by atoms with Crippen LogP contribution in [0.2, 0.25) is 0 Å². The summed E-state index contributed by atoms with van der Waals surface area (Å²) in [4.78, 5) is 2.48. The molecule has 1 aromatic carbocycles. The molecule has 0 aromatic heterocycles. The van der Waals surface area contributed by atoms with Gasteiger partial charge in [-0.3, -0.25) is 4.90 Å². The summed E-state index contributed by atoms with van der Waals surface area (Å²) in [6, 6.07) is 7.81. The SMILES string of the molecule is C=CCOc1ccccc1OCCN1CCC(C)CC1.Cl. The highest BCUT2D eigenvalue weighted by Gasteiger charge is 2.15. The summed E-state index contributed by atoms with van der Waals surface area (Å²) in [5.74, 6) is 2.49. The van der Waals surface area contributed by atoms with Crippen molar-refractivity contribution in [1.82, 2.24) is 4.90 Å². The molecule has 1 aliphatic heterocycles. The van der Waals surface area contributed by atoms with Crippen LogP contribution in [-0.4, -0.2) is 37.7 Å². The van der Waals surface area contributed by atoms with Gasteiger partial charge in [0.1, 0.15) is 13.2 Å². The van der Waals surface area contributed by atoms with E-state index in [1.165, 1.54) is 25.9 Å². The molecule has 0 saturated carbocycles. The second kappa shape index (κ2) is 9.69. The van der Waals surface area contributed by atoms with Crippen LogP contribution in [0.1, 0.15) is 19.8 Å². The average molecular weight is 312 g/mol. The van der Waals surface area contributed by atoms with Gasteiger partial charge in [-0.25, -0.2) is 0 Å². The molecular formula is C17H26ClNO2. The van der Waals surface area contributed by atoms with Crippen LogP contribution in [0.15, 0.2) is 36.9 Å². The summed E-state index contributed by atoms with van der Waals surface area (Å²) < 4.78 is 11.4. The molecule has 0 spiro atoms. The van der Waals surface area contributed by atoms with Gasteiger partial charge in [-0.1, -0.05) is 31.7 Å². The number of hydrogen-bond acceptors (Lipinski definition) is 3. The average Bonchev–Trinajstić information content (AvgIpc) is 2.48. The molecule has 1 aromatic rings. The molecule has 0 atom stereocenters. The number of benzene rings is 1. The van der Waals surface area contributed by atoms with Gasteiger partial charge in [0, 0.05) is 6.54 Å². The predicted octanol–water partition coefficient (Wildman–Crippen LogP) is 3.78. The minimum atomic E-state index is 0. The summed E-state index contributed by atoms with van der Waals surface area (Å²) >= 11 is 0. The normalized spacial score (nSPS) is 16.0. The number of rotatable bonds is 7. The lowest BCUT2D eigenvalue weighted by Gasteiger charge is -2.30. The second-order valence-corrected chi connectivity index (χ2v) is 5.42. The van der Waals surface area contributed by atoms with Crippen LogP contribution in [0, 0.1) is 5.92 Å². The first-order valence-electron chi connectivity index (χ1n) is 7.47. The van der Waals surface area contributed by atoms with Crippen LogP contribution in [-0.2, 0) is 0 Å². The van der Waals surface area contributed by atoms with Crippen molar-refractivity contribution in [3.05, 3.63) is 36.9 Å². The Hall–Kier alpha value is -1.19. The van der Waals surface area contributed by atoms with E-state index in [1.807, 2.05) is 24.3 Å². The highest BCUT2D eigenvalue weighted by atomic mass is 35.5. The van der Waals surface area contributed by atoms with E-state index in [4.69, 9.17) is 9.47 Å². The van der Waals surface area contributed by atoms with E-state index in [0.29, 0.717) is 13.2 Å². The maximum atomic E-state index is 5.86. The predicted molar refractivity (Wildman–Crippen MR) is 89.7 cm³/mol. The molecule has 0 bridgehead atoms. The minimum absolute atomic E-state index is 0. The van der Waals surface area contributed by atoms with Gasteiger partial charge in [0.2, 0.25) is 0 Å². The van der Waals surface area contributed by atoms with Crippen LogP contribution in [0.25, 0.3) is 0 Å². The van der Waals surface area contributed by atoms with Crippen LogP contribution in [0.4, 0.5) is 0 Å². The summed E-state index contributed by atoms with van der Waals surface area (Å²) in [5, 5.41) is 0. The van der Waals surface area contributed by atoms with E-state index < -0.39 is 0 Å². The number of likely N-dealkylation sites (tertiary alicyclic amines) is 1. The molecule has 0 aliphatic carbocycles. The molecule has 0 unspecified atom stereocenters. The van der Waals surface area contributed by atoms with Crippen molar-refractivity contribution in [1.29, 1.82) is 0 Å². The molecule has 0 amide bonds. The third-order valence-corrected chi connectivity index (χ3v) is 3.75. The number of hydrogen-bond donors (Lipinski definition) is 0. The lowest BCUT2D eigenvalue weighted by atomic mass is 9.99. The number of para-hydroxylation sites is 2. The zero-order valence-corrected chi connectivity index (χ0v) is 13.6. The third-order valence-electron chi connectivity index (χ3n) is 3.75. The van der Waals surface area contributed by atoms with E-state index in [9.17, 15) is 0 Å². The zero-order valence-electron chi connectivity index (χ0n) is 12.8. The number of halogens is 1. The summed E-state index contributed by atoms with van der Waals surface area (Å²) in [7, 11) is 0. The lowest BCUT2D eigenvalue weighted by molar-refractivity contribution is 0.158. The van der Waals surface area contributed by atoms with E-state index >= 15 is 0 Å². The van der Waals surface area contributed by atoms with E-state index in [1.54, 1.807) is 6.08 Å². The summed E-state index contributed by atoms with van der Waals surface area (Å²) in [6.45, 7) is 10.6. The Kier molecular flexibility index (Phi) is 8.24. The zero-order chi connectivity index (χ0) is 14.2. The Morgan fingerprint density at radius 1 is 1.19 bits per heavy atom. The molecule has 3 nitrogen and oxygen atoms in total. The molecule has 0 radical (unpaired) electrons. The number of piperidine rings is 1. The monoisotopic (exact) mass is 311 g/mol. The second-order valence-electron chi connectivity index (χ2n) is 5.42. The Bertz CT molecular complexity index is 417. The number of ether oxygens (including phenoxy) is 2. The molecule has 118 valence electrons. The maximum Gasteiger partial charge on any atom is 0.161 e. The highest BCUT2D eigenvalue weighted by molar-refractivity contribution is 5.85. The summed E-state index contributed by atoms with van der Waals surface area (Å²) in [6.07, 6.45) is 4.35. The van der Waals surface area contributed by atoms with Crippen LogP contribution >= 0.6 is 12.4 Å². The van der Waals surface area contributed by atoms with Crippen LogP contribution in [0.3, 0.4) is 0 Å². The smallest absolute Gasteiger partial charge is 0.161 e. The topological polar surface area (TPSA) is 21.7 Å². The molecule has 1 saturated heterocycles. The van der Waals surface area contributed by atoms with Gasteiger partial charge in [-0.2, -0.15) is 0 Å². The van der Waals surface area contributed by atoms with Gasteiger partial charge in [0.05, 0.1) is 0 Å². The van der Waals surface area contributed by atoms with Gasteiger partial charge in [0.15, 0.2) is 11.5 Å². The van der Waals surface area contributed by atoms with Crippen LogP contribution < -0.4 is 9.47 Å². The quantitative estimate of drug-likeness (QED) is 0.715. The molecule has 0 N–H and O–H groups in total. The first kappa shape index (κ1) is 17.9. The van der Waals surface area contributed by atoms with Gasteiger partial charge in [0.25, 0.3) is 0 Å². The van der Waals surface area contributed by atoms with Crippen molar-refractivity contribution in [3.63, 3.8) is 0 Å². The standard InChI is InChI=1S/C17H25NO2.ClH/c1-3-13-19-16-6-4-5-7-17(16)20-14-12-18-10-8-15(2)9-11-18;/h3-7,15H,1,8-14H2,2H3;1H. The van der Waals surface area contributed by atoms with E-state index in [-0.39, 0.29) is 12.4 Å². The Morgan fingerprint density at radius 2 is 1.81 bits per heavy atom. The first-order valence-corrected chi connectivity index (χ1v) is 7.47. The third kappa shape index (κ3) is 5.98. The van der Waals surface area contributed by atoms with Crippen molar-refractivity contribution in [3.8, 4) is 11.5 Å². The first-order chi connectivity index (χ1) is 9.79. The Labute approximate surface area is 134 Å². The maximum absolute atomic E-state index is 5.86. The fourth-order valence-corrected chi connectivity index (χ4v) is 2.41. The van der Waals surface area contributed by atoms with Crippen molar-refractivity contribution in [2.75, 3.05) is 32.8 Å². The van der Waals surface area contributed by atoms with Crippen molar-refractivity contribution < 1.29 is 9.47 Å². The molecule has 4 heteroatoms. The van der Waals surface area contributed by atoms with Gasteiger partial charge in [-0.15, -0.1) is 12.4 Å². The van der Waals surface area contributed by atoms with Gasteiger partial charge < -0.3 is 9.47 Å². The molecular weight excluding hydrogens is 286 g/mol. The Morgan fingerprint density at radius 3 is 2.43 bits per heavy atom. The van der Waals surface area contributed by atoms with Crippen molar-refractivity contribution in [2.45, 2.75) is 19.8 Å². The van der Waals surface area contributed by atoms with Crippen LogP contribution in [0.5, 0.6) is 11.5 Å². The highest BCUT2D eigenvalue weighted by Crippen LogP contribution is 2.26. The summed E-state index contributed by atoms with van der Waals surface area (Å²) in [5.41, 5.74) is 0. The van der Waals surface area contributed by atoms with Gasteiger partial charge >= 0.3 is 0 Å². The molecule has 1 aliphatic rings. The van der Waals surface area contributed by atoms with Crippen molar-refractivity contribution >= 4 is 12.4 Å². The molecule has 2 rings (SSSR count). The minimum Gasteiger partial charge on any atom is -0.488 e. The lowest BCUT2D eigenvalue weighted by Crippen LogP contribution is -2.35.